The Morgan fingerprint density at radius 3 is 2.71 bits per heavy atom. The highest BCUT2D eigenvalue weighted by molar-refractivity contribution is 7.91. The largest absolute Gasteiger partial charge is 0.317 e. The van der Waals surface area contributed by atoms with E-state index in [-0.39, 0.29) is 0 Å². The molecule has 0 saturated carbocycles. The Morgan fingerprint density at radius 1 is 1.24 bits per heavy atom. The van der Waals surface area contributed by atoms with E-state index < -0.39 is 9.84 Å². The van der Waals surface area contributed by atoms with E-state index in [9.17, 15) is 8.42 Å². The zero-order chi connectivity index (χ0) is 12.7. The van der Waals surface area contributed by atoms with Crippen molar-refractivity contribution in [3.05, 3.63) is 0 Å². The smallest absolute Gasteiger partial charge is 0.151 e. The van der Waals surface area contributed by atoms with Crippen molar-refractivity contribution in [1.82, 2.24) is 10.2 Å². The van der Waals surface area contributed by atoms with Gasteiger partial charge in [0.25, 0.3) is 0 Å². The van der Waals surface area contributed by atoms with Gasteiger partial charge in [-0.15, -0.1) is 0 Å². The van der Waals surface area contributed by atoms with E-state index in [0.717, 1.165) is 38.9 Å². The van der Waals surface area contributed by atoms with Gasteiger partial charge in [0.15, 0.2) is 9.84 Å². The number of rotatable bonds is 6. The Bertz CT molecular complexity index is 304. The predicted octanol–water partition coefficient (Wildman–Crippen LogP) is 0.885. The van der Waals surface area contributed by atoms with Crippen LogP contribution in [-0.2, 0) is 9.84 Å². The second kappa shape index (κ2) is 7.34. The Morgan fingerprint density at radius 2 is 2.00 bits per heavy atom. The predicted molar refractivity (Wildman–Crippen MR) is 72.1 cm³/mol. The maximum absolute atomic E-state index is 11.5. The first-order valence-corrected chi connectivity index (χ1v) is 8.52. The van der Waals surface area contributed by atoms with E-state index in [0.29, 0.717) is 24.1 Å². The molecule has 0 aromatic carbocycles. The number of nitrogens with zero attached hydrogens (tertiary/aromatic N) is 1. The molecule has 0 aromatic rings. The standard InChI is InChI=1S/C12H26N2O2S/c1-3-6-13-7-5-12(2)14-8-4-10-17(15,16)11-9-14/h12-13H,3-11H2,1-2H3. The third kappa shape index (κ3) is 5.84. The van der Waals surface area contributed by atoms with Crippen LogP contribution in [0, 0.1) is 0 Å². The Hall–Kier alpha value is -0.130. The average Bonchev–Trinajstić information content (AvgIpc) is 2.45. The van der Waals surface area contributed by atoms with Crippen molar-refractivity contribution in [2.24, 2.45) is 0 Å². The monoisotopic (exact) mass is 262 g/mol. The van der Waals surface area contributed by atoms with Crippen LogP contribution in [0.1, 0.15) is 33.1 Å². The quantitative estimate of drug-likeness (QED) is 0.722. The molecule has 1 fully saturated rings. The van der Waals surface area contributed by atoms with Crippen molar-refractivity contribution in [2.75, 3.05) is 37.7 Å². The van der Waals surface area contributed by atoms with Crippen LogP contribution in [0.5, 0.6) is 0 Å². The fourth-order valence-corrected chi connectivity index (χ4v) is 3.48. The van der Waals surface area contributed by atoms with Crippen LogP contribution >= 0.6 is 0 Å². The maximum Gasteiger partial charge on any atom is 0.151 e. The molecule has 1 heterocycles. The molecule has 1 saturated heterocycles. The molecule has 0 amide bonds. The first-order chi connectivity index (χ1) is 8.05. The van der Waals surface area contributed by atoms with Gasteiger partial charge in [0.05, 0.1) is 11.5 Å². The molecule has 1 aliphatic heterocycles. The number of nitrogens with one attached hydrogen (secondary N) is 1. The first kappa shape index (κ1) is 14.9. The molecule has 102 valence electrons. The zero-order valence-corrected chi connectivity index (χ0v) is 11.9. The summed E-state index contributed by atoms with van der Waals surface area (Å²) in [4.78, 5) is 2.32. The molecule has 1 atom stereocenters. The van der Waals surface area contributed by atoms with Gasteiger partial charge in [-0.25, -0.2) is 8.42 Å². The molecule has 1 aliphatic rings. The van der Waals surface area contributed by atoms with Gasteiger partial charge in [0.2, 0.25) is 0 Å². The van der Waals surface area contributed by atoms with E-state index in [1.165, 1.54) is 0 Å². The lowest BCUT2D eigenvalue weighted by molar-refractivity contribution is 0.214. The molecule has 0 radical (unpaired) electrons. The SMILES string of the molecule is CCCNCCC(C)N1CCCS(=O)(=O)CC1. The van der Waals surface area contributed by atoms with E-state index in [2.05, 4.69) is 24.1 Å². The van der Waals surface area contributed by atoms with Crippen molar-refractivity contribution in [1.29, 1.82) is 0 Å². The maximum atomic E-state index is 11.5. The zero-order valence-electron chi connectivity index (χ0n) is 11.1. The summed E-state index contributed by atoms with van der Waals surface area (Å²) in [5, 5.41) is 3.39. The molecule has 17 heavy (non-hydrogen) atoms. The minimum absolute atomic E-state index is 0.333. The van der Waals surface area contributed by atoms with Crippen molar-refractivity contribution in [3.63, 3.8) is 0 Å². The van der Waals surface area contributed by atoms with Gasteiger partial charge in [0, 0.05) is 12.6 Å². The van der Waals surface area contributed by atoms with Gasteiger partial charge in [0.1, 0.15) is 0 Å². The molecule has 5 heteroatoms. The van der Waals surface area contributed by atoms with Crippen LogP contribution in [-0.4, -0.2) is 57.0 Å². The van der Waals surface area contributed by atoms with Crippen LogP contribution in [0.3, 0.4) is 0 Å². The molecular weight excluding hydrogens is 236 g/mol. The first-order valence-electron chi connectivity index (χ1n) is 6.70. The Kier molecular flexibility index (Phi) is 6.44. The highest BCUT2D eigenvalue weighted by Crippen LogP contribution is 2.10. The minimum atomic E-state index is -2.77. The molecule has 1 rings (SSSR count). The van der Waals surface area contributed by atoms with Crippen LogP contribution < -0.4 is 5.32 Å². The second-order valence-corrected chi connectivity index (χ2v) is 7.23. The summed E-state index contributed by atoms with van der Waals surface area (Å²) in [6.45, 7) is 8.09. The van der Waals surface area contributed by atoms with E-state index in [1.54, 1.807) is 0 Å². The van der Waals surface area contributed by atoms with E-state index in [4.69, 9.17) is 0 Å². The van der Waals surface area contributed by atoms with Crippen molar-refractivity contribution in [2.45, 2.75) is 39.2 Å². The van der Waals surface area contributed by atoms with Gasteiger partial charge >= 0.3 is 0 Å². The van der Waals surface area contributed by atoms with Gasteiger partial charge in [-0.3, -0.25) is 4.90 Å². The number of hydrogen-bond acceptors (Lipinski definition) is 4. The van der Waals surface area contributed by atoms with E-state index >= 15 is 0 Å². The summed E-state index contributed by atoms with van der Waals surface area (Å²) in [5.41, 5.74) is 0. The van der Waals surface area contributed by atoms with Crippen LogP contribution in [0.2, 0.25) is 0 Å². The summed E-state index contributed by atoms with van der Waals surface area (Å²) in [6, 6.07) is 0.479. The van der Waals surface area contributed by atoms with Crippen molar-refractivity contribution in [3.8, 4) is 0 Å². The topological polar surface area (TPSA) is 49.4 Å². The normalized spacial score (nSPS) is 23.2. The number of hydrogen-bond donors (Lipinski definition) is 1. The molecule has 0 aromatic heterocycles. The third-order valence-corrected chi connectivity index (χ3v) is 5.09. The van der Waals surface area contributed by atoms with Gasteiger partial charge in [-0.2, -0.15) is 0 Å². The molecular formula is C12H26N2O2S. The third-order valence-electron chi connectivity index (χ3n) is 3.38. The number of sulfone groups is 1. The Balaban J connectivity index is 2.29. The molecule has 0 spiro atoms. The highest BCUT2D eigenvalue weighted by atomic mass is 32.2. The summed E-state index contributed by atoms with van der Waals surface area (Å²) < 4.78 is 23.0. The summed E-state index contributed by atoms with van der Waals surface area (Å²) in [7, 11) is -2.77. The fourth-order valence-electron chi connectivity index (χ4n) is 2.19. The van der Waals surface area contributed by atoms with E-state index in [1.807, 2.05) is 0 Å². The lowest BCUT2D eigenvalue weighted by atomic mass is 10.2. The second-order valence-electron chi connectivity index (χ2n) is 4.93. The fraction of sp³-hybridized carbons (Fsp3) is 1.00. The van der Waals surface area contributed by atoms with Crippen LogP contribution in [0.4, 0.5) is 0 Å². The molecule has 0 bridgehead atoms. The average molecular weight is 262 g/mol. The Labute approximate surface area is 106 Å². The van der Waals surface area contributed by atoms with Crippen LogP contribution in [0.25, 0.3) is 0 Å². The van der Waals surface area contributed by atoms with Gasteiger partial charge in [-0.1, -0.05) is 6.92 Å². The molecule has 4 nitrogen and oxygen atoms in total. The lowest BCUT2D eigenvalue weighted by Gasteiger charge is -2.27. The van der Waals surface area contributed by atoms with Crippen molar-refractivity contribution >= 4 is 9.84 Å². The van der Waals surface area contributed by atoms with Crippen molar-refractivity contribution < 1.29 is 8.42 Å². The molecule has 1 N–H and O–H groups in total. The summed E-state index contributed by atoms with van der Waals surface area (Å²) in [6.07, 6.45) is 3.05. The summed E-state index contributed by atoms with van der Waals surface area (Å²) >= 11 is 0. The highest BCUT2D eigenvalue weighted by Gasteiger charge is 2.21. The van der Waals surface area contributed by atoms with Gasteiger partial charge < -0.3 is 5.32 Å². The molecule has 1 unspecified atom stereocenters. The van der Waals surface area contributed by atoms with Gasteiger partial charge in [-0.05, 0) is 45.8 Å². The molecule has 0 aliphatic carbocycles. The minimum Gasteiger partial charge on any atom is -0.317 e. The van der Waals surface area contributed by atoms with Crippen LogP contribution in [0.15, 0.2) is 0 Å². The lowest BCUT2D eigenvalue weighted by Crippen LogP contribution is -2.37. The summed E-state index contributed by atoms with van der Waals surface area (Å²) in [5.74, 6) is 0.698.